The monoisotopic (exact) mass is 611 g/mol. The fourth-order valence-corrected chi connectivity index (χ4v) is 6.18. The lowest BCUT2D eigenvalue weighted by molar-refractivity contribution is -0.144. The van der Waals surface area contributed by atoms with Gasteiger partial charge in [0.15, 0.2) is 17.3 Å². The molecule has 7 rings (SSSR count). The Hall–Kier alpha value is -4.06. The predicted octanol–water partition coefficient (Wildman–Crippen LogP) is 7.14. The van der Waals surface area contributed by atoms with Gasteiger partial charge in [-0.05, 0) is 86.9 Å². The second-order valence-electron chi connectivity index (χ2n) is 12.0. The molecule has 0 amide bonds. The number of aromatic nitrogens is 4. The molecule has 4 aromatic rings. The van der Waals surface area contributed by atoms with Gasteiger partial charge in [0, 0.05) is 36.9 Å². The normalized spacial score (nSPS) is 20.8. The molecule has 4 heterocycles. The Morgan fingerprint density at radius 1 is 1.02 bits per heavy atom. The maximum atomic E-state index is 14.6. The highest BCUT2D eigenvalue weighted by molar-refractivity contribution is 5.55. The van der Waals surface area contributed by atoms with Crippen LogP contribution in [0, 0.1) is 17.6 Å². The molecule has 0 spiro atoms. The molecule has 2 aliphatic heterocycles. The summed E-state index contributed by atoms with van der Waals surface area (Å²) >= 11 is 0. The number of halogens is 5. The van der Waals surface area contributed by atoms with Gasteiger partial charge >= 0.3 is 6.18 Å². The number of para-hydroxylation sites is 1. The van der Waals surface area contributed by atoms with Crippen LogP contribution in [-0.4, -0.2) is 38.2 Å². The number of fused-ring (bicyclic) bond motifs is 1. The van der Waals surface area contributed by atoms with Crippen molar-refractivity contribution in [1.29, 1.82) is 0 Å². The van der Waals surface area contributed by atoms with Crippen molar-refractivity contribution in [2.24, 2.45) is 5.92 Å². The van der Waals surface area contributed by atoms with E-state index in [4.69, 9.17) is 9.47 Å². The average molecular weight is 612 g/mol. The molecule has 2 aromatic heterocycles. The minimum Gasteiger partial charge on any atom is -0.444 e. The van der Waals surface area contributed by atoms with Crippen LogP contribution in [-0.2, 0) is 24.9 Å². The lowest BCUT2D eigenvalue weighted by Gasteiger charge is -2.33. The summed E-state index contributed by atoms with van der Waals surface area (Å²) in [4.78, 5) is 10.6. The summed E-state index contributed by atoms with van der Waals surface area (Å²) in [5, 5.41) is 5.75. The molecule has 0 bridgehead atoms. The van der Waals surface area contributed by atoms with Crippen LogP contribution in [0.25, 0.3) is 11.4 Å². The summed E-state index contributed by atoms with van der Waals surface area (Å²) in [6.07, 6.45) is 1.75. The number of aromatic amines is 1. The summed E-state index contributed by atoms with van der Waals surface area (Å²) in [5.41, 5.74) is 3.52. The van der Waals surface area contributed by atoms with Gasteiger partial charge in [-0.2, -0.15) is 18.3 Å². The number of hydrogen-bond donors (Lipinski definition) is 1. The molecule has 12 heteroatoms. The van der Waals surface area contributed by atoms with Gasteiger partial charge < -0.3 is 9.47 Å². The maximum Gasteiger partial charge on any atom is 0.451 e. The molecule has 2 fully saturated rings. The smallest absolute Gasteiger partial charge is 0.444 e. The molecule has 1 N–H and O–H groups in total. The number of likely N-dealkylation sites (tertiary alicyclic amines) is 1. The van der Waals surface area contributed by atoms with Crippen LogP contribution in [0.3, 0.4) is 0 Å². The minimum absolute atomic E-state index is 0.0194. The van der Waals surface area contributed by atoms with Crippen molar-refractivity contribution in [1.82, 2.24) is 25.1 Å². The predicted molar refractivity (Wildman–Crippen MR) is 150 cm³/mol. The first-order chi connectivity index (χ1) is 21.1. The Bertz CT molecular complexity index is 1700. The van der Waals surface area contributed by atoms with Gasteiger partial charge in [0.2, 0.25) is 5.82 Å². The molecular weight excluding hydrogens is 581 g/mol. The second kappa shape index (κ2) is 10.8. The van der Waals surface area contributed by atoms with Crippen LogP contribution in [0.15, 0.2) is 48.7 Å². The number of benzene rings is 2. The van der Waals surface area contributed by atoms with Gasteiger partial charge in [0.25, 0.3) is 5.79 Å². The molecule has 1 saturated carbocycles. The van der Waals surface area contributed by atoms with Gasteiger partial charge in [-0.3, -0.25) is 15.0 Å². The van der Waals surface area contributed by atoms with Crippen molar-refractivity contribution in [3.8, 4) is 22.9 Å². The summed E-state index contributed by atoms with van der Waals surface area (Å²) in [6, 6.07) is 10.9. The first-order valence-corrected chi connectivity index (χ1v) is 14.7. The lowest BCUT2D eigenvalue weighted by Crippen LogP contribution is -2.34. The minimum atomic E-state index is -4.60. The van der Waals surface area contributed by atoms with Crippen LogP contribution in [0.2, 0.25) is 0 Å². The molecule has 1 aliphatic carbocycles. The standard InChI is InChI=1S/C32H30F5N5O2/c1-31(24-8-7-22(33)15-25(24)34)43-27-4-2-3-23(28(27)44-31)19-9-11-42(12-10-19)17-26-20(13-18-5-6-18)14-21(16-38-26)29-39-30(41-40-29)32(35,36)37/h2-4,7-8,14-16,18-19H,5-6,9-13,17H2,1H3,(H,39,40,41). The van der Waals surface area contributed by atoms with Crippen LogP contribution in [0.1, 0.15) is 66.7 Å². The molecule has 230 valence electrons. The summed E-state index contributed by atoms with van der Waals surface area (Å²) in [6.45, 7) is 3.87. The van der Waals surface area contributed by atoms with Crippen LogP contribution < -0.4 is 9.47 Å². The number of ether oxygens (including phenoxy) is 2. The van der Waals surface area contributed by atoms with E-state index in [1.54, 1.807) is 19.2 Å². The van der Waals surface area contributed by atoms with Gasteiger partial charge in [0.1, 0.15) is 11.6 Å². The fraction of sp³-hybridized carbons (Fsp3) is 0.406. The summed E-state index contributed by atoms with van der Waals surface area (Å²) in [7, 11) is 0. The highest BCUT2D eigenvalue weighted by Crippen LogP contribution is 2.50. The molecule has 7 nitrogen and oxygen atoms in total. The van der Waals surface area contributed by atoms with Crippen molar-refractivity contribution in [3.05, 3.63) is 88.5 Å². The van der Waals surface area contributed by atoms with E-state index in [0.29, 0.717) is 29.5 Å². The number of pyridine rings is 1. The number of nitrogens with zero attached hydrogens (tertiary/aromatic N) is 4. The number of alkyl halides is 3. The quantitative estimate of drug-likeness (QED) is 0.224. The number of nitrogens with one attached hydrogen (secondary N) is 1. The van der Waals surface area contributed by atoms with E-state index in [2.05, 4.69) is 20.0 Å². The Morgan fingerprint density at radius 3 is 2.52 bits per heavy atom. The van der Waals surface area contributed by atoms with Gasteiger partial charge in [-0.25, -0.2) is 13.8 Å². The topological polar surface area (TPSA) is 76.2 Å². The van der Waals surface area contributed by atoms with E-state index >= 15 is 0 Å². The largest absolute Gasteiger partial charge is 0.451 e. The highest BCUT2D eigenvalue weighted by atomic mass is 19.4. The van der Waals surface area contributed by atoms with E-state index in [1.165, 1.54) is 12.1 Å². The van der Waals surface area contributed by atoms with Crippen molar-refractivity contribution >= 4 is 0 Å². The van der Waals surface area contributed by atoms with Crippen molar-refractivity contribution in [3.63, 3.8) is 0 Å². The molecule has 44 heavy (non-hydrogen) atoms. The van der Waals surface area contributed by atoms with Crippen LogP contribution in [0.5, 0.6) is 11.5 Å². The van der Waals surface area contributed by atoms with Crippen molar-refractivity contribution in [2.75, 3.05) is 13.1 Å². The van der Waals surface area contributed by atoms with Crippen molar-refractivity contribution < 1.29 is 31.4 Å². The van der Waals surface area contributed by atoms with Crippen LogP contribution >= 0.6 is 0 Å². The first-order valence-electron chi connectivity index (χ1n) is 14.7. The Morgan fingerprint density at radius 2 is 1.82 bits per heavy atom. The number of piperidine rings is 1. The zero-order valence-electron chi connectivity index (χ0n) is 23.9. The fourth-order valence-electron chi connectivity index (χ4n) is 6.18. The first kappa shape index (κ1) is 28.7. The SMILES string of the molecule is CC1(c2ccc(F)cc2F)Oc2cccc(C3CCN(Cc4ncc(-c5n[nH]c(C(F)(F)F)n5)cc4CC4CC4)CC3)c2O1. The zero-order chi connectivity index (χ0) is 30.6. The van der Waals surface area contributed by atoms with Crippen LogP contribution in [0.4, 0.5) is 22.0 Å². The lowest BCUT2D eigenvalue weighted by atomic mass is 9.88. The van der Waals surface area contributed by atoms with Gasteiger partial charge in [-0.15, -0.1) is 0 Å². The van der Waals surface area contributed by atoms with E-state index in [9.17, 15) is 22.0 Å². The third-order valence-corrected chi connectivity index (χ3v) is 8.71. The summed E-state index contributed by atoms with van der Waals surface area (Å²) < 4.78 is 79.6. The third kappa shape index (κ3) is 5.62. The average Bonchev–Trinajstić information content (AvgIpc) is 3.50. The molecule has 0 radical (unpaired) electrons. The van der Waals surface area contributed by atoms with E-state index in [1.807, 2.05) is 23.3 Å². The Kier molecular flexibility index (Phi) is 7.06. The molecule has 1 unspecified atom stereocenters. The summed E-state index contributed by atoms with van der Waals surface area (Å²) in [5.74, 6) is -2.09. The molecule has 3 aliphatic rings. The second-order valence-corrected chi connectivity index (χ2v) is 12.0. The van der Waals surface area contributed by atoms with E-state index in [0.717, 1.165) is 68.1 Å². The number of rotatable bonds is 7. The maximum absolute atomic E-state index is 14.6. The van der Waals surface area contributed by atoms with Gasteiger partial charge in [0.05, 0.1) is 11.3 Å². The van der Waals surface area contributed by atoms with E-state index < -0.39 is 29.4 Å². The molecule has 1 saturated heterocycles. The molecule has 1 atom stereocenters. The van der Waals surface area contributed by atoms with E-state index in [-0.39, 0.29) is 17.3 Å². The zero-order valence-corrected chi connectivity index (χ0v) is 23.9. The third-order valence-electron chi connectivity index (χ3n) is 8.71. The van der Waals surface area contributed by atoms with Crippen molar-refractivity contribution in [2.45, 2.75) is 63.5 Å². The molecule has 2 aromatic carbocycles. The highest BCUT2D eigenvalue weighted by Gasteiger charge is 2.43. The number of H-pyrrole nitrogens is 1. The molecular formula is C32H30F5N5O2. The number of hydrogen-bond acceptors (Lipinski definition) is 6. The Balaban J connectivity index is 1.05. The van der Waals surface area contributed by atoms with Gasteiger partial charge in [-0.1, -0.05) is 12.1 Å². The Labute approximate surface area is 250 Å².